The average molecular weight is 485 g/mol. The minimum atomic E-state index is -0.957. The predicted octanol–water partition coefficient (Wildman–Crippen LogP) is 4.35. The molecule has 7 heteroatoms. The zero-order chi connectivity index (χ0) is 19.2. The van der Waals surface area contributed by atoms with Crippen molar-refractivity contribution in [2.24, 2.45) is 22.4 Å². The van der Waals surface area contributed by atoms with Gasteiger partial charge in [0, 0.05) is 24.7 Å². The summed E-state index contributed by atoms with van der Waals surface area (Å²) in [4.78, 5) is 22.2. The summed E-state index contributed by atoms with van der Waals surface area (Å²) >= 11 is -0.877. The lowest BCUT2D eigenvalue weighted by Crippen LogP contribution is -2.44. The average Bonchev–Trinajstić information content (AvgIpc) is 2.98. The van der Waals surface area contributed by atoms with Gasteiger partial charge in [0.15, 0.2) is 6.61 Å². The Labute approximate surface area is 168 Å². The van der Waals surface area contributed by atoms with Gasteiger partial charge >= 0.3 is 5.97 Å². The number of aromatic hydroxyl groups is 1. The van der Waals surface area contributed by atoms with Gasteiger partial charge in [-0.25, -0.2) is 4.79 Å². The summed E-state index contributed by atoms with van der Waals surface area (Å²) < 4.78 is 6.67. The SMILES string of the molecule is C[C@]12CCC3c4ccc(O)cc4C(=IOCC(=O)O)CC3C1CCC2N=O. The van der Waals surface area contributed by atoms with Gasteiger partial charge in [-0.3, -0.25) is 0 Å². The molecule has 3 aliphatic rings. The smallest absolute Gasteiger partial charge is 0.330 e. The zero-order valence-corrected chi connectivity index (χ0v) is 17.4. The van der Waals surface area contributed by atoms with Crippen molar-refractivity contribution in [3.8, 4) is 5.75 Å². The number of nitroso groups, excluding NO2 is 1. The van der Waals surface area contributed by atoms with Gasteiger partial charge in [0.2, 0.25) is 0 Å². The predicted molar refractivity (Wildman–Crippen MR) is 110 cm³/mol. The van der Waals surface area contributed by atoms with Gasteiger partial charge in [-0.05, 0) is 78.5 Å². The number of phenols is 1. The molecular weight excluding hydrogens is 461 g/mol. The van der Waals surface area contributed by atoms with Crippen molar-refractivity contribution in [2.45, 2.75) is 51.0 Å². The monoisotopic (exact) mass is 485 g/mol. The molecule has 2 saturated carbocycles. The molecule has 4 rings (SSSR count). The fourth-order valence-corrected chi connectivity index (χ4v) is 7.93. The number of carboxylic acids is 1. The lowest BCUT2D eigenvalue weighted by atomic mass is 9.55. The van der Waals surface area contributed by atoms with Crippen LogP contribution in [0.5, 0.6) is 5.75 Å². The quantitative estimate of drug-likeness (QED) is 0.489. The van der Waals surface area contributed by atoms with Gasteiger partial charge in [0.1, 0.15) is 5.75 Å². The first kappa shape index (κ1) is 19.0. The summed E-state index contributed by atoms with van der Waals surface area (Å²) in [5.74, 6) is 0.603. The Hall–Kier alpha value is -1.35. The van der Waals surface area contributed by atoms with Crippen molar-refractivity contribution in [1.82, 2.24) is 0 Å². The molecule has 2 fully saturated rings. The van der Waals surface area contributed by atoms with Gasteiger partial charge in [-0.15, -0.1) is 0 Å². The van der Waals surface area contributed by atoms with Crippen LogP contribution in [0.3, 0.4) is 0 Å². The fraction of sp³-hybridized carbons (Fsp3) is 0.600. The molecule has 0 spiro atoms. The number of halogens is 1. The van der Waals surface area contributed by atoms with E-state index in [1.54, 1.807) is 6.07 Å². The van der Waals surface area contributed by atoms with Gasteiger partial charge in [0.05, 0.1) is 6.04 Å². The third kappa shape index (κ3) is 3.22. The largest absolute Gasteiger partial charge is 0.508 e. The van der Waals surface area contributed by atoms with Crippen LogP contribution < -0.4 is 0 Å². The number of aliphatic carboxylic acids is 1. The molecule has 27 heavy (non-hydrogen) atoms. The number of carbonyl (C=O) groups is 1. The first-order chi connectivity index (χ1) is 12.9. The fourth-order valence-electron chi connectivity index (χ4n) is 5.74. The molecule has 4 unspecified atom stereocenters. The highest BCUT2D eigenvalue weighted by Gasteiger charge is 2.56. The molecular formula is C20H24INO5. The van der Waals surface area contributed by atoms with E-state index in [9.17, 15) is 14.8 Å². The van der Waals surface area contributed by atoms with Gasteiger partial charge in [-0.1, -0.05) is 18.2 Å². The molecule has 0 saturated heterocycles. The first-order valence-corrected chi connectivity index (χ1v) is 11.4. The van der Waals surface area contributed by atoms with Crippen molar-refractivity contribution in [3.63, 3.8) is 0 Å². The molecule has 1 aromatic rings. The Morgan fingerprint density at radius 1 is 1.37 bits per heavy atom. The Bertz CT molecular complexity index is 810. The molecule has 2 N–H and O–H groups in total. The van der Waals surface area contributed by atoms with Gasteiger partial charge in [0.25, 0.3) is 0 Å². The summed E-state index contributed by atoms with van der Waals surface area (Å²) in [6, 6.07) is 5.48. The Kier molecular flexibility index (Phi) is 5.09. The van der Waals surface area contributed by atoms with Crippen LogP contribution in [0.25, 0.3) is 0 Å². The number of phenolic OH excluding ortho intramolecular Hbond substituents is 1. The van der Waals surface area contributed by atoms with E-state index >= 15 is 0 Å². The molecule has 0 radical (unpaired) electrons. The number of rotatable bonds is 4. The number of carboxylic acid groups (broad SMARTS) is 1. The Morgan fingerprint density at radius 3 is 2.93 bits per heavy atom. The highest BCUT2D eigenvalue weighted by atomic mass is 127. The molecule has 0 amide bonds. The van der Waals surface area contributed by atoms with Crippen LogP contribution in [0.4, 0.5) is 0 Å². The molecule has 1 aromatic carbocycles. The maximum Gasteiger partial charge on any atom is 0.330 e. The van der Waals surface area contributed by atoms with E-state index in [4.69, 9.17) is 8.17 Å². The molecule has 0 bridgehead atoms. The lowest BCUT2D eigenvalue weighted by molar-refractivity contribution is -0.138. The maximum atomic E-state index is 11.4. The second-order valence-corrected chi connectivity index (χ2v) is 10.6. The van der Waals surface area contributed by atoms with E-state index in [2.05, 4.69) is 12.1 Å². The van der Waals surface area contributed by atoms with Crippen molar-refractivity contribution >= 4 is 30.6 Å². The molecule has 3 aliphatic carbocycles. The Morgan fingerprint density at radius 2 is 2.19 bits per heavy atom. The van der Waals surface area contributed by atoms with E-state index in [1.807, 2.05) is 12.1 Å². The second kappa shape index (κ2) is 7.24. The third-order valence-electron chi connectivity index (χ3n) is 6.98. The minimum absolute atomic E-state index is 0.0251. The number of hydrogen-bond acceptors (Lipinski definition) is 5. The van der Waals surface area contributed by atoms with Crippen molar-refractivity contribution in [1.29, 1.82) is 0 Å². The second-order valence-electron chi connectivity index (χ2n) is 8.22. The molecule has 0 aliphatic heterocycles. The van der Waals surface area contributed by atoms with Crippen LogP contribution in [0.2, 0.25) is 0 Å². The summed E-state index contributed by atoms with van der Waals surface area (Å²) in [7, 11) is 0. The van der Waals surface area contributed by atoms with Gasteiger partial charge < -0.3 is 13.3 Å². The van der Waals surface area contributed by atoms with Crippen LogP contribution in [0.1, 0.15) is 56.1 Å². The number of nitrogens with zero attached hydrogens (tertiary/aromatic N) is 1. The standard InChI is InChI=1S/C20H24INO5/c1-20-7-6-13-12-3-2-11(23)8-15(12)17(21-27-10-19(24)25)9-14(13)16(20)4-5-18(20)22-26/h2-3,8,13-14,16,18,23H,4-7,9-10H2,1H3,(H,24,25)/t13?,14?,16?,18?,20-/m0/s1. The third-order valence-corrected chi connectivity index (χ3v) is 9.16. The highest BCUT2D eigenvalue weighted by Crippen LogP contribution is 2.61. The van der Waals surface area contributed by atoms with Crippen LogP contribution in [0, 0.1) is 22.2 Å². The first-order valence-electron chi connectivity index (χ1n) is 9.44. The summed E-state index contributed by atoms with van der Waals surface area (Å²) in [6.45, 7) is 1.95. The van der Waals surface area contributed by atoms with Crippen LogP contribution in [-0.4, -0.2) is 32.3 Å². The van der Waals surface area contributed by atoms with Crippen molar-refractivity contribution < 1.29 is 18.1 Å². The normalized spacial score (nSPS) is 36.3. The van der Waals surface area contributed by atoms with E-state index in [1.165, 1.54) is 5.56 Å². The van der Waals surface area contributed by atoms with E-state index in [-0.39, 0.29) is 23.8 Å². The highest BCUT2D eigenvalue weighted by molar-refractivity contribution is 14.2. The molecule has 0 heterocycles. The summed E-state index contributed by atoms with van der Waals surface area (Å²) in [5, 5.41) is 22.3. The van der Waals surface area contributed by atoms with Crippen molar-refractivity contribution in [2.75, 3.05) is 6.61 Å². The molecule has 6 nitrogen and oxygen atoms in total. The summed E-state index contributed by atoms with van der Waals surface area (Å²) in [6.07, 6.45) is 4.82. The number of benzene rings is 1. The van der Waals surface area contributed by atoms with E-state index < -0.39 is 27.1 Å². The summed E-state index contributed by atoms with van der Waals surface area (Å²) in [5.41, 5.74) is 2.28. The van der Waals surface area contributed by atoms with Crippen LogP contribution in [0.15, 0.2) is 23.4 Å². The van der Waals surface area contributed by atoms with E-state index in [0.717, 1.165) is 41.2 Å². The minimum Gasteiger partial charge on any atom is -0.508 e. The number of fused-ring (bicyclic) bond motifs is 5. The topological polar surface area (TPSA) is 96.2 Å². The van der Waals surface area contributed by atoms with Crippen LogP contribution >= 0.6 is 21.1 Å². The molecule has 5 atom stereocenters. The lowest BCUT2D eigenvalue weighted by Gasteiger charge is -2.50. The molecule has 146 valence electrons. The van der Waals surface area contributed by atoms with E-state index in [0.29, 0.717) is 17.8 Å². The Balaban J connectivity index is 1.72. The van der Waals surface area contributed by atoms with Gasteiger partial charge in [-0.2, -0.15) is 4.91 Å². The number of hydrogen-bond donors (Lipinski definition) is 2. The molecule has 0 aromatic heterocycles. The van der Waals surface area contributed by atoms with Crippen molar-refractivity contribution in [3.05, 3.63) is 34.2 Å². The zero-order valence-electron chi connectivity index (χ0n) is 15.2. The van der Waals surface area contributed by atoms with Crippen LogP contribution in [-0.2, 0) is 7.86 Å². The maximum absolute atomic E-state index is 11.4.